The Morgan fingerprint density at radius 1 is 0.967 bits per heavy atom. The van der Waals surface area contributed by atoms with Gasteiger partial charge in [-0.05, 0) is 56.0 Å². The Kier molecular flexibility index (Phi) is 7.50. The van der Waals surface area contributed by atoms with Crippen molar-refractivity contribution in [2.75, 3.05) is 11.9 Å². The lowest BCUT2D eigenvalue weighted by atomic mass is 9.85. The van der Waals surface area contributed by atoms with E-state index in [1.807, 2.05) is 0 Å². The number of carbonyl (C=O) groups excluding carboxylic acids is 2. The van der Waals surface area contributed by atoms with Crippen LogP contribution in [0.4, 0.5) is 14.5 Å². The van der Waals surface area contributed by atoms with Crippen LogP contribution in [0.1, 0.15) is 25.7 Å². The molecule has 30 heavy (non-hydrogen) atoms. The van der Waals surface area contributed by atoms with Gasteiger partial charge in [0.25, 0.3) is 5.91 Å². The molecule has 0 unspecified atom stereocenters. The summed E-state index contributed by atoms with van der Waals surface area (Å²) in [4.78, 5) is 24.5. The van der Waals surface area contributed by atoms with Crippen molar-refractivity contribution in [3.8, 4) is 5.75 Å². The van der Waals surface area contributed by atoms with Gasteiger partial charge in [0.15, 0.2) is 6.61 Å². The van der Waals surface area contributed by atoms with Crippen molar-refractivity contribution in [2.45, 2.75) is 31.7 Å². The summed E-state index contributed by atoms with van der Waals surface area (Å²) in [6.45, 7) is -0.246. The zero-order valence-corrected chi connectivity index (χ0v) is 17.4. The molecule has 9 heteroatoms. The van der Waals surface area contributed by atoms with E-state index in [2.05, 4.69) is 10.6 Å². The number of rotatable bonds is 6. The second-order valence-corrected chi connectivity index (χ2v) is 7.91. The summed E-state index contributed by atoms with van der Waals surface area (Å²) >= 11 is 11.2. The summed E-state index contributed by atoms with van der Waals surface area (Å²) in [5.41, 5.74) is 0.355. The Bertz CT molecular complexity index is 934. The average Bonchev–Trinajstić information content (AvgIpc) is 2.72. The van der Waals surface area contributed by atoms with E-state index in [9.17, 15) is 18.4 Å². The van der Waals surface area contributed by atoms with E-state index in [4.69, 9.17) is 27.9 Å². The number of halogens is 4. The van der Waals surface area contributed by atoms with Crippen LogP contribution in [-0.4, -0.2) is 24.5 Å². The molecule has 0 spiro atoms. The zero-order valence-electron chi connectivity index (χ0n) is 15.9. The summed E-state index contributed by atoms with van der Waals surface area (Å²) in [7, 11) is 0. The molecule has 160 valence electrons. The van der Waals surface area contributed by atoms with Gasteiger partial charge >= 0.3 is 0 Å². The third kappa shape index (κ3) is 6.06. The SMILES string of the molecule is O=C(COc1ccc(Cl)c(F)c1)N[C@H]1CC[C@H](C(=O)Nc2ccc(Cl)c(F)c2)CC1. The lowest BCUT2D eigenvalue weighted by Gasteiger charge is -2.28. The van der Waals surface area contributed by atoms with Crippen LogP contribution in [0.2, 0.25) is 10.0 Å². The highest BCUT2D eigenvalue weighted by molar-refractivity contribution is 6.31. The highest BCUT2D eigenvalue weighted by Crippen LogP contribution is 2.27. The Labute approximate surface area is 182 Å². The number of ether oxygens (including phenoxy) is 1. The molecule has 2 aromatic rings. The van der Waals surface area contributed by atoms with E-state index < -0.39 is 11.6 Å². The minimum Gasteiger partial charge on any atom is -0.484 e. The summed E-state index contributed by atoms with van der Waals surface area (Å²) in [5, 5.41) is 5.53. The van der Waals surface area contributed by atoms with Crippen LogP contribution in [0.3, 0.4) is 0 Å². The van der Waals surface area contributed by atoms with Crippen LogP contribution in [0.5, 0.6) is 5.75 Å². The molecule has 1 aliphatic carbocycles. The predicted molar refractivity (Wildman–Crippen MR) is 111 cm³/mol. The van der Waals surface area contributed by atoms with E-state index in [-0.39, 0.29) is 46.2 Å². The Morgan fingerprint density at radius 3 is 2.23 bits per heavy atom. The van der Waals surface area contributed by atoms with Crippen LogP contribution < -0.4 is 15.4 Å². The monoisotopic (exact) mass is 456 g/mol. The number of hydrogen-bond acceptors (Lipinski definition) is 3. The summed E-state index contributed by atoms with van der Waals surface area (Å²) < 4.78 is 32.2. The van der Waals surface area contributed by atoms with E-state index >= 15 is 0 Å². The van der Waals surface area contributed by atoms with Gasteiger partial charge in [-0.1, -0.05) is 23.2 Å². The van der Waals surface area contributed by atoms with Crippen molar-refractivity contribution >= 4 is 40.7 Å². The van der Waals surface area contributed by atoms with E-state index in [0.29, 0.717) is 31.4 Å². The van der Waals surface area contributed by atoms with E-state index in [1.54, 1.807) is 6.07 Å². The van der Waals surface area contributed by atoms with Gasteiger partial charge < -0.3 is 15.4 Å². The normalized spacial score (nSPS) is 18.5. The highest BCUT2D eigenvalue weighted by atomic mass is 35.5. The first-order chi connectivity index (χ1) is 14.3. The molecular weight excluding hydrogens is 437 g/mol. The molecule has 1 fully saturated rings. The number of hydrogen-bond donors (Lipinski definition) is 2. The molecule has 2 N–H and O–H groups in total. The lowest BCUT2D eigenvalue weighted by molar-refractivity contribution is -0.124. The van der Waals surface area contributed by atoms with Gasteiger partial charge in [0.05, 0.1) is 10.0 Å². The molecule has 1 saturated carbocycles. The molecule has 1 aliphatic rings. The molecule has 0 heterocycles. The number of amides is 2. The number of nitrogens with one attached hydrogen (secondary N) is 2. The zero-order chi connectivity index (χ0) is 21.7. The van der Waals surface area contributed by atoms with Gasteiger partial charge in [-0.15, -0.1) is 0 Å². The largest absolute Gasteiger partial charge is 0.484 e. The minimum absolute atomic E-state index is 0.00516. The summed E-state index contributed by atoms with van der Waals surface area (Å²) in [6.07, 6.45) is 2.45. The first-order valence-corrected chi connectivity index (χ1v) is 10.2. The van der Waals surface area contributed by atoms with Crippen molar-refractivity contribution in [1.29, 1.82) is 0 Å². The first kappa shape index (κ1) is 22.3. The molecule has 0 radical (unpaired) electrons. The van der Waals surface area contributed by atoms with Crippen LogP contribution in [0.25, 0.3) is 0 Å². The maximum atomic E-state index is 13.5. The molecular formula is C21H20Cl2F2N2O3. The van der Waals surface area contributed by atoms with Gasteiger partial charge in [0.2, 0.25) is 5.91 Å². The lowest BCUT2D eigenvalue weighted by Crippen LogP contribution is -2.41. The van der Waals surface area contributed by atoms with Gasteiger partial charge in [0.1, 0.15) is 17.4 Å². The van der Waals surface area contributed by atoms with Crippen molar-refractivity contribution in [2.24, 2.45) is 5.92 Å². The van der Waals surface area contributed by atoms with Gasteiger partial charge in [-0.3, -0.25) is 9.59 Å². The Hall–Kier alpha value is -2.38. The Morgan fingerprint density at radius 2 is 1.60 bits per heavy atom. The maximum absolute atomic E-state index is 13.5. The van der Waals surface area contributed by atoms with Gasteiger partial charge in [-0.25, -0.2) is 8.78 Å². The number of anilines is 1. The third-order valence-corrected chi connectivity index (χ3v) is 5.52. The van der Waals surface area contributed by atoms with Gasteiger partial charge in [0, 0.05) is 23.7 Å². The minimum atomic E-state index is -0.618. The van der Waals surface area contributed by atoms with Crippen LogP contribution >= 0.6 is 23.2 Å². The maximum Gasteiger partial charge on any atom is 0.258 e. The molecule has 0 saturated heterocycles. The molecule has 5 nitrogen and oxygen atoms in total. The van der Waals surface area contributed by atoms with Crippen molar-refractivity contribution < 1.29 is 23.1 Å². The van der Waals surface area contributed by atoms with Gasteiger partial charge in [-0.2, -0.15) is 0 Å². The van der Waals surface area contributed by atoms with Crippen LogP contribution in [0, 0.1) is 17.6 Å². The predicted octanol–water partition coefficient (Wildman–Crippen LogP) is 4.96. The number of carbonyl (C=O) groups is 2. The second-order valence-electron chi connectivity index (χ2n) is 7.10. The first-order valence-electron chi connectivity index (χ1n) is 9.45. The standard InChI is InChI=1S/C21H20Cl2F2N2O3/c22-16-7-5-14(9-18(16)24)27-21(29)12-1-3-13(4-2-12)26-20(28)11-30-15-6-8-17(23)19(25)10-15/h5-10,12-13H,1-4,11H2,(H,26,28)(H,27,29)/t12-,13-. The smallest absolute Gasteiger partial charge is 0.258 e. The Balaban J connectivity index is 1.41. The van der Waals surface area contributed by atoms with Crippen LogP contribution in [0.15, 0.2) is 36.4 Å². The third-order valence-electron chi connectivity index (χ3n) is 4.91. The molecule has 0 bridgehead atoms. The van der Waals surface area contributed by atoms with E-state index in [1.165, 1.54) is 24.3 Å². The fraction of sp³-hybridized carbons (Fsp3) is 0.333. The average molecular weight is 457 g/mol. The highest BCUT2D eigenvalue weighted by Gasteiger charge is 2.27. The van der Waals surface area contributed by atoms with Crippen molar-refractivity contribution in [1.82, 2.24) is 5.32 Å². The molecule has 2 aromatic carbocycles. The van der Waals surface area contributed by atoms with E-state index in [0.717, 1.165) is 6.07 Å². The summed E-state index contributed by atoms with van der Waals surface area (Å²) in [5.74, 6) is -1.72. The van der Waals surface area contributed by atoms with Crippen LogP contribution in [-0.2, 0) is 9.59 Å². The summed E-state index contributed by atoms with van der Waals surface area (Å²) in [6, 6.07) is 8.00. The molecule has 0 aromatic heterocycles. The number of benzene rings is 2. The quantitative estimate of drug-likeness (QED) is 0.644. The molecule has 0 aliphatic heterocycles. The fourth-order valence-electron chi connectivity index (χ4n) is 3.30. The van der Waals surface area contributed by atoms with Crippen molar-refractivity contribution in [3.63, 3.8) is 0 Å². The second kappa shape index (κ2) is 10.1. The van der Waals surface area contributed by atoms with Crippen molar-refractivity contribution in [3.05, 3.63) is 58.1 Å². The molecule has 3 rings (SSSR count). The molecule has 2 amide bonds. The topological polar surface area (TPSA) is 67.4 Å². The fourth-order valence-corrected chi connectivity index (χ4v) is 3.54. The molecule has 0 atom stereocenters.